The number of urea groups is 1. The van der Waals surface area contributed by atoms with E-state index in [2.05, 4.69) is 10.9 Å². The molecule has 3 amide bonds. The van der Waals surface area contributed by atoms with Crippen LogP contribution in [0.25, 0.3) is 0 Å². The fourth-order valence-corrected chi connectivity index (χ4v) is 2.41. The first-order valence-electron chi connectivity index (χ1n) is 6.63. The van der Waals surface area contributed by atoms with Gasteiger partial charge in [0.2, 0.25) is 0 Å². The molecule has 0 unspecified atom stereocenters. The fourth-order valence-electron chi connectivity index (χ4n) is 1.79. The van der Waals surface area contributed by atoms with E-state index in [9.17, 15) is 9.59 Å². The molecule has 0 saturated heterocycles. The average Bonchev–Trinajstić information content (AvgIpc) is 3.05. The van der Waals surface area contributed by atoms with Crippen LogP contribution in [0.5, 0.6) is 0 Å². The lowest BCUT2D eigenvalue weighted by molar-refractivity contribution is 0.0934. The molecule has 0 aliphatic carbocycles. The molecular weight excluding hydrogens is 286 g/mol. The Hall–Kier alpha value is -2.34. The molecule has 0 aliphatic rings. The molecule has 0 radical (unpaired) electrons. The van der Waals surface area contributed by atoms with Gasteiger partial charge in [-0.2, -0.15) is 0 Å². The first-order chi connectivity index (χ1) is 10.2. The maximum Gasteiger partial charge on any atom is 0.336 e. The van der Waals surface area contributed by atoms with E-state index in [1.807, 2.05) is 42.6 Å². The van der Waals surface area contributed by atoms with Crippen LogP contribution in [0, 0.1) is 0 Å². The molecule has 110 valence electrons. The van der Waals surface area contributed by atoms with E-state index >= 15 is 0 Å². The second-order valence-electron chi connectivity index (χ2n) is 4.36. The zero-order valence-electron chi connectivity index (χ0n) is 11.7. The predicted octanol–water partition coefficient (Wildman–Crippen LogP) is 2.62. The Morgan fingerprint density at radius 3 is 2.48 bits per heavy atom. The Balaban J connectivity index is 1.87. The van der Waals surface area contributed by atoms with E-state index < -0.39 is 0 Å². The zero-order chi connectivity index (χ0) is 15.1. The van der Waals surface area contributed by atoms with Crippen molar-refractivity contribution in [2.75, 3.05) is 6.54 Å². The Morgan fingerprint density at radius 2 is 1.86 bits per heavy atom. The number of nitrogens with zero attached hydrogens (tertiary/aromatic N) is 1. The van der Waals surface area contributed by atoms with Gasteiger partial charge in [0.1, 0.15) is 0 Å². The molecule has 2 N–H and O–H groups in total. The SMILES string of the molecule is CCN(Cc1ccccc1)C(=O)NNC(=O)c1cccs1. The van der Waals surface area contributed by atoms with Crippen LogP contribution in [-0.2, 0) is 6.54 Å². The lowest BCUT2D eigenvalue weighted by atomic mass is 10.2. The normalized spacial score (nSPS) is 9.95. The maximum atomic E-state index is 12.1. The fraction of sp³-hybridized carbons (Fsp3) is 0.200. The van der Waals surface area contributed by atoms with E-state index in [1.54, 1.807) is 17.0 Å². The molecule has 0 bridgehead atoms. The number of rotatable bonds is 4. The quantitative estimate of drug-likeness (QED) is 0.853. The molecule has 1 heterocycles. The van der Waals surface area contributed by atoms with Gasteiger partial charge in [0.05, 0.1) is 4.88 Å². The second-order valence-corrected chi connectivity index (χ2v) is 5.31. The highest BCUT2D eigenvalue weighted by molar-refractivity contribution is 7.12. The summed E-state index contributed by atoms with van der Waals surface area (Å²) in [6, 6.07) is 12.9. The molecule has 2 rings (SSSR count). The van der Waals surface area contributed by atoms with Crippen LogP contribution in [-0.4, -0.2) is 23.4 Å². The number of hydrogen-bond acceptors (Lipinski definition) is 3. The van der Waals surface area contributed by atoms with Gasteiger partial charge in [-0.25, -0.2) is 10.2 Å². The summed E-state index contributed by atoms with van der Waals surface area (Å²) in [5, 5.41) is 1.81. The van der Waals surface area contributed by atoms with Gasteiger partial charge in [-0.1, -0.05) is 36.4 Å². The number of hydrazine groups is 1. The first-order valence-corrected chi connectivity index (χ1v) is 7.51. The summed E-state index contributed by atoms with van der Waals surface area (Å²) >= 11 is 1.32. The Bertz CT molecular complexity index is 584. The summed E-state index contributed by atoms with van der Waals surface area (Å²) in [7, 11) is 0. The van der Waals surface area contributed by atoms with Crippen LogP contribution in [0.4, 0.5) is 4.79 Å². The molecular formula is C15H17N3O2S. The highest BCUT2D eigenvalue weighted by Gasteiger charge is 2.13. The van der Waals surface area contributed by atoms with Crippen LogP contribution in [0.15, 0.2) is 47.8 Å². The number of amides is 3. The van der Waals surface area contributed by atoms with Gasteiger partial charge in [-0.05, 0) is 23.9 Å². The molecule has 0 atom stereocenters. The monoisotopic (exact) mass is 303 g/mol. The molecule has 0 saturated carbocycles. The minimum Gasteiger partial charge on any atom is -0.319 e. The summed E-state index contributed by atoms with van der Waals surface area (Å²) in [5.74, 6) is -0.311. The summed E-state index contributed by atoms with van der Waals surface area (Å²) in [6.45, 7) is 2.94. The molecule has 5 nitrogen and oxygen atoms in total. The van der Waals surface area contributed by atoms with Gasteiger partial charge in [-0.15, -0.1) is 11.3 Å². The summed E-state index contributed by atoms with van der Waals surface area (Å²) in [4.78, 5) is 26.0. The van der Waals surface area contributed by atoms with Gasteiger partial charge in [0.25, 0.3) is 5.91 Å². The molecule has 0 spiro atoms. The van der Waals surface area contributed by atoms with Crippen molar-refractivity contribution in [1.82, 2.24) is 15.8 Å². The number of benzene rings is 1. The van der Waals surface area contributed by atoms with Crippen LogP contribution in [0.2, 0.25) is 0 Å². The summed E-state index contributed by atoms with van der Waals surface area (Å²) in [6.07, 6.45) is 0. The van der Waals surface area contributed by atoms with E-state index in [0.29, 0.717) is 18.0 Å². The van der Waals surface area contributed by atoms with Crippen molar-refractivity contribution in [1.29, 1.82) is 0 Å². The summed E-state index contributed by atoms with van der Waals surface area (Å²) in [5.41, 5.74) is 5.89. The third kappa shape index (κ3) is 4.32. The lowest BCUT2D eigenvalue weighted by Crippen LogP contribution is -2.48. The zero-order valence-corrected chi connectivity index (χ0v) is 12.5. The van der Waals surface area contributed by atoms with Crippen LogP contribution in [0.1, 0.15) is 22.2 Å². The largest absolute Gasteiger partial charge is 0.336 e. The van der Waals surface area contributed by atoms with Gasteiger partial charge in [0, 0.05) is 13.1 Å². The smallest absolute Gasteiger partial charge is 0.319 e. The average molecular weight is 303 g/mol. The minimum absolute atomic E-state index is 0.311. The lowest BCUT2D eigenvalue weighted by Gasteiger charge is -2.21. The molecule has 2 aromatic rings. The molecule has 0 fully saturated rings. The highest BCUT2D eigenvalue weighted by Crippen LogP contribution is 2.07. The van der Waals surface area contributed by atoms with Crippen LogP contribution in [0.3, 0.4) is 0 Å². The predicted molar refractivity (Wildman–Crippen MR) is 82.8 cm³/mol. The molecule has 6 heteroatoms. The highest BCUT2D eigenvalue weighted by atomic mass is 32.1. The van der Waals surface area contributed by atoms with Gasteiger partial charge >= 0.3 is 6.03 Å². The van der Waals surface area contributed by atoms with Gasteiger partial charge in [0.15, 0.2) is 0 Å². The van der Waals surface area contributed by atoms with Crippen molar-refractivity contribution in [3.05, 3.63) is 58.3 Å². The van der Waals surface area contributed by atoms with Crippen molar-refractivity contribution < 1.29 is 9.59 Å². The summed E-state index contributed by atoms with van der Waals surface area (Å²) < 4.78 is 0. The third-order valence-electron chi connectivity index (χ3n) is 2.91. The van der Waals surface area contributed by atoms with Crippen molar-refractivity contribution in [3.63, 3.8) is 0 Å². The standard InChI is InChI=1S/C15H17N3O2S/c1-2-18(11-12-7-4-3-5-8-12)15(20)17-16-14(19)13-9-6-10-21-13/h3-10H,2,11H2,1H3,(H,16,19)(H,17,20). The van der Waals surface area contributed by atoms with E-state index in [1.165, 1.54) is 11.3 Å². The second kappa shape index (κ2) is 7.44. The topological polar surface area (TPSA) is 61.4 Å². The van der Waals surface area contributed by atoms with E-state index in [-0.39, 0.29) is 11.9 Å². The minimum atomic E-state index is -0.328. The van der Waals surface area contributed by atoms with Crippen molar-refractivity contribution in [3.8, 4) is 0 Å². The van der Waals surface area contributed by atoms with Crippen molar-refractivity contribution >= 4 is 23.3 Å². The first kappa shape index (κ1) is 15.1. The number of carbonyl (C=O) groups is 2. The molecule has 1 aromatic carbocycles. The van der Waals surface area contributed by atoms with Crippen molar-refractivity contribution in [2.24, 2.45) is 0 Å². The van der Waals surface area contributed by atoms with E-state index in [0.717, 1.165) is 5.56 Å². The number of nitrogens with one attached hydrogen (secondary N) is 2. The van der Waals surface area contributed by atoms with Gasteiger partial charge < -0.3 is 4.90 Å². The Morgan fingerprint density at radius 1 is 1.10 bits per heavy atom. The van der Waals surface area contributed by atoms with Gasteiger partial charge in [-0.3, -0.25) is 10.2 Å². The van der Waals surface area contributed by atoms with Crippen LogP contribution < -0.4 is 10.9 Å². The Labute approximate surface area is 127 Å². The number of hydrogen-bond donors (Lipinski definition) is 2. The van der Waals surface area contributed by atoms with Crippen LogP contribution >= 0.6 is 11.3 Å². The number of thiophene rings is 1. The molecule has 1 aromatic heterocycles. The number of carbonyl (C=O) groups excluding carboxylic acids is 2. The Kier molecular flexibility index (Phi) is 5.34. The maximum absolute atomic E-state index is 12.1. The molecule has 21 heavy (non-hydrogen) atoms. The van der Waals surface area contributed by atoms with E-state index in [4.69, 9.17) is 0 Å². The van der Waals surface area contributed by atoms with Crippen molar-refractivity contribution in [2.45, 2.75) is 13.5 Å². The molecule has 0 aliphatic heterocycles. The third-order valence-corrected chi connectivity index (χ3v) is 3.78.